The van der Waals surface area contributed by atoms with Gasteiger partial charge in [-0.15, -0.1) is 0 Å². The van der Waals surface area contributed by atoms with Crippen molar-refractivity contribution in [2.24, 2.45) is 0 Å². The molecular weight excluding hydrogens is 298 g/mol. The third-order valence-electron chi connectivity index (χ3n) is 4.38. The number of rotatable bonds is 7. The van der Waals surface area contributed by atoms with Crippen LogP contribution in [-0.2, 0) is 4.79 Å². The van der Waals surface area contributed by atoms with Gasteiger partial charge in [0.05, 0.1) is 0 Å². The zero-order chi connectivity index (χ0) is 17.5. The Morgan fingerprint density at radius 3 is 2.33 bits per heavy atom. The maximum Gasteiger partial charge on any atom is 0.220 e. The van der Waals surface area contributed by atoms with Crippen LogP contribution < -0.4 is 5.32 Å². The average Bonchev–Trinajstić information content (AvgIpc) is 2.60. The van der Waals surface area contributed by atoms with Crippen LogP contribution in [0.1, 0.15) is 52.7 Å². The van der Waals surface area contributed by atoms with Crippen molar-refractivity contribution in [1.82, 2.24) is 5.32 Å². The first kappa shape index (κ1) is 17.9. The minimum absolute atomic E-state index is 0.0179. The number of nitrogens with one attached hydrogen (secondary N) is 1. The molecule has 0 heterocycles. The summed E-state index contributed by atoms with van der Waals surface area (Å²) in [6, 6.07) is 15.8. The van der Waals surface area contributed by atoms with Crippen LogP contribution in [0, 0.1) is 13.8 Å². The summed E-state index contributed by atoms with van der Waals surface area (Å²) < 4.78 is 0. The number of aryl methyl sites for hydroxylation is 2. The predicted octanol–water partition coefficient (Wildman–Crippen LogP) is 4.19. The Balaban J connectivity index is 1.78. The number of hydrogen-bond donors (Lipinski definition) is 1. The lowest BCUT2D eigenvalue weighted by molar-refractivity contribution is -0.121. The molecule has 2 aromatic carbocycles. The smallest absolute Gasteiger partial charge is 0.220 e. The summed E-state index contributed by atoms with van der Waals surface area (Å²) in [7, 11) is 0. The van der Waals surface area contributed by atoms with E-state index in [0.29, 0.717) is 12.1 Å². The predicted molar refractivity (Wildman–Crippen MR) is 97.3 cm³/mol. The van der Waals surface area contributed by atoms with Gasteiger partial charge in [-0.05, 0) is 42.5 Å². The second-order valence-corrected chi connectivity index (χ2v) is 6.34. The van der Waals surface area contributed by atoms with E-state index in [4.69, 9.17) is 0 Å². The molecule has 126 valence electrons. The zero-order valence-electron chi connectivity index (χ0n) is 14.6. The molecule has 0 aromatic heterocycles. The molecule has 1 N–H and O–H groups in total. The Bertz CT molecular complexity index is 707. The van der Waals surface area contributed by atoms with Crippen LogP contribution in [-0.4, -0.2) is 18.2 Å². The molecule has 0 spiro atoms. The maximum atomic E-state index is 12.2. The van der Waals surface area contributed by atoms with E-state index in [1.165, 1.54) is 11.1 Å². The normalized spacial score (nSPS) is 11.8. The van der Waals surface area contributed by atoms with Crippen LogP contribution in [0.25, 0.3) is 0 Å². The Labute approximate surface area is 144 Å². The SMILES string of the molecule is Cc1ccc(C(=O)CCC(=O)NC[C@@H](C)c2ccccc2)cc1C. The summed E-state index contributed by atoms with van der Waals surface area (Å²) in [5, 5.41) is 2.92. The molecule has 0 unspecified atom stereocenters. The standard InChI is InChI=1S/C21H25NO2/c1-15-9-10-19(13-16(15)2)20(23)11-12-21(24)22-14-17(3)18-7-5-4-6-8-18/h4-10,13,17H,11-12,14H2,1-3H3,(H,22,24)/t17-/m1/s1. The second kappa shape index (κ2) is 8.44. The molecule has 3 nitrogen and oxygen atoms in total. The number of hydrogen-bond acceptors (Lipinski definition) is 2. The Morgan fingerprint density at radius 1 is 0.958 bits per heavy atom. The minimum atomic E-state index is -0.0741. The van der Waals surface area contributed by atoms with Crippen LogP contribution >= 0.6 is 0 Å². The molecule has 0 bridgehead atoms. The van der Waals surface area contributed by atoms with E-state index in [-0.39, 0.29) is 30.4 Å². The van der Waals surface area contributed by atoms with Crippen LogP contribution in [0.3, 0.4) is 0 Å². The van der Waals surface area contributed by atoms with E-state index >= 15 is 0 Å². The summed E-state index contributed by atoms with van der Waals surface area (Å²) in [4.78, 5) is 24.2. The van der Waals surface area contributed by atoms with Crippen molar-refractivity contribution in [2.45, 2.75) is 39.5 Å². The Hall–Kier alpha value is -2.42. The van der Waals surface area contributed by atoms with Gasteiger partial charge in [0.25, 0.3) is 0 Å². The van der Waals surface area contributed by atoms with Crippen molar-refractivity contribution in [1.29, 1.82) is 0 Å². The van der Waals surface area contributed by atoms with Gasteiger partial charge in [0.1, 0.15) is 0 Å². The first-order chi connectivity index (χ1) is 11.5. The van der Waals surface area contributed by atoms with E-state index in [1.807, 2.05) is 50.2 Å². The number of carbonyl (C=O) groups is 2. The van der Waals surface area contributed by atoms with Gasteiger partial charge in [0.2, 0.25) is 5.91 Å². The fraction of sp³-hybridized carbons (Fsp3) is 0.333. The first-order valence-electron chi connectivity index (χ1n) is 8.39. The van der Waals surface area contributed by atoms with Crippen molar-refractivity contribution in [2.75, 3.05) is 6.54 Å². The molecule has 3 heteroatoms. The summed E-state index contributed by atoms with van der Waals surface area (Å²) in [5.41, 5.74) is 4.15. The number of amides is 1. The first-order valence-corrected chi connectivity index (χ1v) is 8.39. The van der Waals surface area contributed by atoms with Gasteiger partial charge in [-0.1, -0.05) is 49.4 Å². The highest BCUT2D eigenvalue weighted by Crippen LogP contribution is 2.14. The third-order valence-corrected chi connectivity index (χ3v) is 4.38. The van der Waals surface area contributed by atoms with Gasteiger partial charge in [-0.25, -0.2) is 0 Å². The molecule has 0 aliphatic heterocycles. The van der Waals surface area contributed by atoms with Crippen molar-refractivity contribution in [3.63, 3.8) is 0 Å². The van der Waals surface area contributed by atoms with Gasteiger partial charge in [-0.3, -0.25) is 9.59 Å². The monoisotopic (exact) mass is 323 g/mol. The lowest BCUT2D eigenvalue weighted by atomic mass is 10.0. The third kappa shape index (κ3) is 5.05. The Kier molecular flexibility index (Phi) is 6.30. The number of carbonyl (C=O) groups excluding carboxylic acids is 2. The average molecular weight is 323 g/mol. The van der Waals surface area contributed by atoms with E-state index in [9.17, 15) is 9.59 Å². The summed E-state index contributed by atoms with van der Waals surface area (Å²) in [6.45, 7) is 6.67. The highest BCUT2D eigenvalue weighted by atomic mass is 16.2. The second-order valence-electron chi connectivity index (χ2n) is 6.34. The lowest BCUT2D eigenvalue weighted by Crippen LogP contribution is -2.27. The fourth-order valence-electron chi connectivity index (χ4n) is 2.54. The molecule has 0 aliphatic carbocycles. The van der Waals surface area contributed by atoms with E-state index in [1.54, 1.807) is 0 Å². The maximum absolute atomic E-state index is 12.2. The van der Waals surface area contributed by atoms with Crippen LogP contribution in [0.2, 0.25) is 0 Å². The van der Waals surface area contributed by atoms with Crippen molar-refractivity contribution >= 4 is 11.7 Å². The van der Waals surface area contributed by atoms with Gasteiger partial charge in [0.15, 0.2) is 5.78 Å². The summed E-state index contributed by atoms with van der Waals surface area (Å²) >= 11 is 0. The molecule has 0 radical (unpaired) electrons. The van der Waals surface area contributed by atoms with Gasteiger partial charge in [-0.2, -0.15) is 0 Å². The van der Waals surface area contributed by atoms with Gasteiger partial charge < -0.3 is 5.32 Å². The molecule has 2 rings (SSSR count). The highest BCUT2D eigenvalue weighted by molar-refractivity contribution is 5.98. The topological polar surface area (TPSA) is 46.2 Å². The van der Waals surface area contributed by atoms with Crippen molar-refractivity contribution < 1.29 is 9.59 Å². The zero-order valence-corrected chi connectivity index (χ0v) is 14.6. The molecule has 2 aromatic rings. The quantitative estimate of drug-likeness (QED) is 0.777. The molecule has 1 amide bonds. The number of ketones is 1. The number of benzene rings is 2. The van der Waals surface area contributed by atoms with Gasteiger partial charge in [0, 0.05) is 24.9 Å². The van der Waals surface area contributed by atoms with E-state index in [2.05, 4.69) is 24.4 Å². The number of Topliss-reactive ketones (excluding diaryl/α,β-unsaturated/α-hetero) is 1. The molecule has 0 saturated carbocycles. The molecule has 24 heavy (non-hydrogen) atoms. The van der Waals surface area contributed by atoms with E-state index in [0.717, 1.165) is 5.56 Å². The van der Waals surface area contributed by atoms with Gasteiger partial charge >= 0.3 is 0 Å². The van der Waals surface area contributed by atoms with Crippen molar-refractivity contribution in [3.05, 3.63) is 70.8 Å². The molecule has 1 atom stereocenters. The molecular formula is C21H25NO2. The molecule has 0 aliphatic rings. The lowest BCUT2D eigenvalue weighted by Gasteiger charge is -2.13. The van der Waals surface area contributed by atoms with Crippen LogP contribution in [0.15, 0.2) is 48.5 Å². The Morgan fingerprint density at radius 2 is 1.67 bits per heavy atom. The molecule has 0 saturated heterocycles. The summed E-state index contributed by atoms with van der Waals surface area (Å²) in [5.74, 6) is 0.199. The highest BCUT2D eigenvalue weighted by Gasteiger charge is 2.11. The van der Waals surface area contributed by atoms with Crippen LogP contribution in [0.4, 0.5) is 0 Å². The van der Waals surface area contributed by atoms with Crippen molar-refractivity contribution in [3.8, 4) is 0 Å². The van der Waals surface area contributed by atoms with E-state index < -0.39 is 0 Å². The molecule has 0 fully saturated rings. The summed E-state index contributed by atoms with van der Waals surface area (Å²) in [6.07, 6.45) is 0.474. The van der Waals surface area contributed by atoms with Crippen LogP contribution in [0.5, 0.6) is 0 Å². The largest absolute Gasteiger partial charge is 0.355 e. The fourth-order valence-corrected chi connectivity index (χ4v) is 2.54. The minimum Gasteiger partial charge on any atom is -0.355 e.